The van der Waals surface area contributed by atoms with Gasteiger partial charge in [-0.15, -0.1) is 5.10 Å². The van der Waals surface area contributed by atoms with Crippen molar-refractivity contribution in [2.24, 2.45) is 0 Å². The zero-order chi connectivity index (χ0) is 13.2. The molecule has 3 aromatic rings. The molecule has 0 radical (unpaired) electrons. The third-order valence-corrected chi connectivity index (χ3v) is 3.30. The van der Waals surface area contributed by atoms with Gasteiger partial charge in [0.05, 0.1) is 17.2 Å². The Balaban J connectivity index is 1.82. The fourth-order valence-corrected chi connectivity index (χ4v) is 2.39. The summed E-state index contributed by atoms with van der Waals surface area (Å²) in [6.45, 7) is 1.46. The van der Waals surface area contributed by atoms with Crippen molar-refractivity contribution in [1.82, 2.24) is 24.5 Å². The topological polar surface area (TPSA) is 51.4 Å². The zero-order valence-electron chi connectivity index (χ0n) is 10.1. The van der Waals surface area contributed by atoms with Gasteiger partial charge in [-0.25, -0.2) is 4.39 Å². The number of nitrogens with zero attached hydrogens (tertiary/aromatic N) is 4. The number of fused-ring (bicyclic) bond motifs is 1. The van der Waals surface area contributed by atoms with Gasteiger partial charge in [0.15, 0.2) is 4.77 Å². The van der Waals surface area contributed by atoms with Crippen LogP contribution < -0.4 is 0 Å². The molecular formula is C12H12FN5S. The Kier molecular flexibility index (Phi) is 3.12. The van der Waals surface area contributed by atoms with E-state index in [0.717, 1.165) is 24.0 Å². The van der Waals surface area contributed by atoms with Gasteiger partial charge in [0.2, 0.25) is 0 Å². The van der Waals surface area contributed by atoms with Crippen LogP contribution in [-0.2, 0) is 13.1 Å². The van der Waals surface area contributed by atoms with Gasteiger partial charge in [-0.05, 0) is 36.8 Å². The van der Waals surface area contributed by atoms with Crippen molar-refractivity contribution in [1.29, 1.82) is 0 Å². The highest BCUT2D eigenvalue weighted by atomic mass is 32.1. The molecule has 98 valence electrons. The number of hydrogen-bond donors (Lipinski definition) is 1. The molecule has 7 heteroatoms. The largest absolute Gasteiger partial charge is 0.331 e. The molecular weight excluding hydrogens is 265 g/mol. The number of aromatic amines is 1. The Bertz CT molecular complexity index is 743. The number of imidazole rings is 1. The molecule has 0 amide bonds. The lowest BCUT2D eigenvalue weighted by atomic mass is 10.3. The molecule has 3 rings (SSSR count). The number of aromatic nitrogens is 5. The number of benzene rings is 1. The highest BCUT2D eigenvalue weighted by molar-refractivity contribution is 7.71. The van der Waals surface area contributed by atoms with Crippen molar-refractivity contribution in [3.8, 4) is 0 Å². The van der Waals surface area contributed by atoms with E-state index in [1.807, 2.05) is 10.8 Å². The van der Waals surface area contributed by atoms with Crippen LogP contribution in [0.3, 0.4) is 0 Å². The summed E-state index contributed by atoms with van der Waals surface area (Å²) < 4.78 is 17.6. The lowest BCUT2D eigenvalue weighted by molar-refractivity contribution is 0.517. The van der Waals surface area contributed by atoms with Gasteiger partial charge in [-0.2, -0.15) is 0 Å². The van der Waals surface area contributed by atoms with Gasteiger partial charge < -0.3 is 9.55 Å². The Morgan fingerprint density at radius 3 is 3.00 bits per heavy atom. The van der Waals surface area contributed by atoms with Crippen LogP contribution in [0.4, 0.5) is 4.39 Å². The van der Waals surface area contributed by atoms with Crippen molar-refractivity contribution in [2.75, 3.05) is 0 Å². The molecule has 0 fully saturated rings. The summed E-state index contributed by atoms with van der Waals surface area (Å²) in [5, 5.41) is 7.64. The van der Waals surface area contributed by atoms with Crippen LogP contribution in [0.2, 0.25) is 0 Å². The summed E-state index contributed by atoms with van der Waals surface area (Å²) >= 11 is 5.26. The Morgan fingerprint density at radius 1 is 1.32 bits per heavy atom. The molecule has 2 heterocycles. The van der Waals surface area contributed by atoms with E-state index in [1.54, 1.807) is 16.9 Å². The first-order chi connectivity index (χ1) is 9.24. The van der Waals surface area contributed by atoms with Crippen LogP contribution in [0.25, 0.3) is 11.0 Å². The fraction of sp³-hybridized carbons (Fsp3) is 0.250. The molecule has 1 N–H and O–H groups in total. The first-order valence-electron chi connectivity index (χ1n) is 5.96. The van der Waals surface area contributed by atoms with Crippen molar-refractivity contribution >= 4 is 23.3 Å². The van der Waals surface area contributed by atoms with E-state index < -0.39 is 0 Å². The summed E-state index contributed by atoms with van der Waals surface area (Å²) in [7, 11) is 0. The number of nitrogens with one attached hydrogen (secondary N) is 1. The second-order valence-electron chi connectivity index (χ2n) is 4.26. The predicted molar refractivity (Wildman–Crippen MR) is 71.7 cm³/mol. The number of halogens is 1. The van der Waals surface area contributed by atoms with Gasteiger partial charge in [-0.3, -0.25) is 4.68 Å². The van der Waals surface area contributed by atoms with E-state index in [1.165, 1.54) is 12.1 Å². The summed E-state index contributed by atoms with van der Waals surface area (Å²) in [6, 6.07) is 4.62. The second-order valence-corrected chi connectivity index (χ2v) is 4.65. The van der Waals surface area contributed by atoms with Gasteiger partial charge in [0.1, 0.15) is 5.82 Å². The molecule has 19 heavy (non-hydrogen) atoms. The molecule has 0 aliphatic heterocycles. The van der Waals surface area contributed by atoms with Gasteiger partial charge >= 0.3 is 0 Å². The number of hydrogen-bond acceptors (Lipinski definition) is 3. The highest BCUT2D eigenvalue weighted by Gasteiger charge is 2.05. The highest BCUT2D eigenvalue weighted by Crippen LogP contribution is 2.16. The smallest absolute Gasteiger partial charge is 0.178 e. The first-order valence-corrected chi connectivity index (χ1v) is 6.37. The third-order valence-electron chi connectivity index (χ3n) is 2.98. The maximum atomic E-state index is 13.3. The van der Waals surface area contributed by atoms with Crippen molar-refractivity contribution in [3.05, 3.63) is 41.2 Å². The summed E-state index contributed by atoms with van der Waals surface area (Å²) in [6.07, 6.45) is 4.31. The van der Waals surface area contributed by atoms with Crippen LogP contribution in [0, 0.1) is 10.6 Å². The molecule has 0 aliphatic carbocycles. The fourth-order valence-electron chi connectivity index (χ4n) is 2.09. The summed E-state index contributed by atoms with van der Waals surface area (Å²) in [4.78, 5) is 3.07. The van der Waals surface area contributed by atoms with Gasteiger partial charge in [-0.1, -0.05) is 5.21 Å². The van der Waals surface area contributed by atoms with Gasteiger partial charge in [0.25, 0.3) is 0 Å². The number of H-pyrrole nitrogens is 1. The molecule has 0 saturated heterocycles. The quantitative estimate of drug-likeness (QED) is 0.746. The summed E-state index contributed by atoms with van der Waals surface area (Å²) in [5.74, 6) is -0.258. The van der Waals surface area contributed by atoms with Crippen molar-refractivity contribution in [2.45, 2.75) is 19.5 Å². The monoisotopic (exact) mass is 277 g/mol. The minimum absolute atomic E-state index is 0.258. The van der Waals surface area contributed by atoms with E-state index in [9.17, 15) is 4.39 Å². The SMILES string of the molecule is Fc1ccc2[nH]c(=S)n(CCCn3ccnn3)c2c1. The lowest BCUT2D eigenvalue weighted by Gasteiger charge is -2.04. The maximum absolute atomic E-state index is 13.3. The minimum atomic E-state index is -0.258. The molecule has 0 spiro atoms. The molecule has 0 unspecified atom stereocenters. The van der Waals surface area contributed by atoms with Crippen molar-refractivity contribution < 1.29 is 4.39 Å². The predicted octanol–water partition coefficient (Wildman–Crippen LogP) is 2.52. The van der Waals surface area contributed by atoms with Crippen molar-refractivity contribution in [3.63, 3.8) is 0 Å². The number of aryl methyl sites for hydroxylation is 2. The van der Waals surface area contributed by atoms with E-state index >= 15 is 0 Å². The average Bonchev–Trinajstić information content (AvgIpc) is 2.99. The first kappa shape index (κ1) is 12.0. The molecule has 2 aromatic heterocycles. The maximum Gasteiger partial charge on any atom is 0.178 e. The summed E-state index contributed by atoms with van der Waals surface area (Å²) in [5.41, 5.74) is 1.65. The van der Waals surface area contributed by atoms with E-state index in [-0.39, 0.29) is 5.82 Å². The lowest BCUT2D eigenvalue weighted by Crippen LogP contribution is -2.05. The molecule has 1 aromatic carbocycles. The van der Waals surface area contributed by atoms with Crippen LogP contribution in [-0.4, -0.2) is 24.5 Å². The van der Waals surface area contributed by atoms with E-state index in [2.05, 4.69) is 15.3 Å². The van der Waals surface area contributed by atoms with Crippen LogP contribution in [0.15, 0.2) is 30.6 Å². The molecule has 0 atom stereocenters. The van der Waals surface area contributed by atoms with Gasteiger partial charge in [0, 0.05) is 19.3 Å². The number of rotatable bonds is 4. The zero-order valence-corrected chi connectivity index (χ0v) is 10.9. The third kappa shape index (κ3) is 2.41. The van der Waals surface area contributed by atoms with E-state index in [4.69, 9.17) is 12.2 Å². The molecule has 0 bridgehead atoms. The Morgan fingerprint density at radius 2 is 2.21 bits per heavy atom. The Labute approximate surface area is 113 Å². The Hall–Kier alpha value is -2.02. The van der Waals surface area contributed by atoms with Crippen LogP contribution in [0.5, 0.6) is 0 Å². The van der Waals surface area contributed by atoms with E-state index in [0.29, 0.717) is 11.3 Å². The standard InChI is InChI=1S/C12H12FN5S/c13-9-2-3-10-11(8-9)18(12(19)15-10)6-1-5-17-7-4-14-16-17/h2-4,7-8H,1,5-6H2,(H,15,19). The molecule has 0 aliphatic rings. The minimum Gasteiger partial charge on any atom is -0.331 e. The average molecular weight is 277 g/mol. The van der Waals surface area contributed by atoms with Crippen LogP contribution >= 0.6 is 12.2 Å². The molecule has 5 nitrogen and oxygen atoms in total. The van der Waals surface area contributed by atoms with Crippen LogP contribution in [0.1, 0.15) is 6.42 Å². The second kappa shape index (κ2) is 4.93. The molecule has 0 saturated carbocycles. The normalized spacial score (nSPS) is 11.2.